The Kier molecular flexibility index (Phi) is 4.74. The number of hydrogen-bond donors (Lipinski definition) is 1. The van der Waals surface area contributed by atoms with Crippen molar-refractivity contribution in [3.8, 4) is 5.75 Å². The van der Waals surface area contributed by atoms with Crippen LogP contribution >= 0.6 is 0 Å². The number of nitrogens with one attached hydrogen (secondary N) is 1. The molecule has 28 heavy (non-hydrogen) atoms. The molecule has 4 fully saturated rings. The number of benzene rings is 1. The molecule has 1 spiro atoms. The number of fused-ring (bicyclic) bond motifs is 2. The lowest BCUT2D eigenvalue weighted by atomic mass is 9.54. The lowest BCUT2D eigenvalue weighted by Gasteiger charge is -2.57. The van der Waals surface area contributed by atoms with E-state index < -0.39 is 0 Å². The second-order valence-corrected chi connectivity index (χ2v) is 9.06. The molecule has 2 saturated carbocycles. The van der Waals surface area contributed by atoms with E-state index in [2.05, 4.69) is 39.5 Å². The molecule has 2 aliphatic carbocycles. The topological polar surface area (TPSA) is 46.1 Å². The third-order valence-corrected chi connectivity index (χ3v) is 7.86. The molecule has 2 aliphatic heterocycles. The van der Waals surface area contributed by atoms with E-state index in [0.717, 1.165) is 31.4 Å². The third-order valence-electron chi connectivity index (χ3n) is 7.86. The monoisotopic (exact) mass is 383 g/mol. The van der Waals surface area contributed by atoms with Gasteiger partial charge in [-0.1, -0.05) is 25.0 Å². The molecule has 5 nitrogen and oxygen atoms in total. The molecular weight excluding hydrogens is 350 g/mol. The van der Waals surface area contributed by atoms with Gasteiger partial charge in [0.25, 0.3) is 0 Å². The summed E-state index contributed by atoms with van der Waals surface area (Å²) < 4.78 is 11.5. The van der Waals surface area contributed by atoms with Crippen molar-refractivity contribution in [3.63, 3.8) is 0 Å². The zero-order valence-corrected chi connectivity index (χ0v) is 17.2. The van der Waals surface area contributed by atoms with Gasteiger partial charge in [0.15, 0.2) is 5.96 Å². The average Bonchev–Trinajstić information content (AvgIpc) is 3.48. The van der Waals surface area contributed by atoms with Gasteiger partial charge in [-0.2, -0.15) is 0 Å². The summed E-state index contributed by atoms with van der Waals surface area (Å²) in [7, 11) is 3.66. The van der Waals surface area contributed by atoms with E-state index in [-0.39, 0.29) is 0 Å². The van der Waals surface area contributed by atoms with Gasteiger partial charge in [0.2, 0.25) is 0 Å². The Morgan fingerprint density at radius 3 is 2.71 bits per heavy atom. The summed E-state index contributed by atoms with van der Waals surface area (Å²) in [6, 6.07) is 9.11. The number of nitrogens with zero attached hydrogens (tertiary/aromatic N) is 2. The van der Waals surface area contributed by atoms with Crippen LogP contribution in [-0.4, -0.2) is 56.9 Å². The van der Waals surface area contributed by atoms with Crippen LogP contribution in [0, 0.1) is 11.3 Å². The van der Waals surface area contributed by atoms with E-state index in [4.69, 9.17) is 9.47 Å². The number of ether oxygens (including phenoxy) is 2. The summed E-state index contributed by atoms with van der Waals surface area (Å²) in [5.74, 6) is 3.26. The number of likely N-dealkylation sites (tertiary alicyclic amines) is 1. The summed E-state index contributed by atoms with van der Waals surface area (Å²) in [4.78, 5) is 7.15. The van der Waals surface area contributed by atoms with Crippen LogP contribution in [0.3, 0.4) is 0 Å². The minimum absolute atomic E-state index is 0.367. The Morgan fingerprint density at radius 1 is 1.21 bits per heavy atom. The Morgan fingerprint density at radius 2 is 2.00 bits per heavy atom. The van der Waals surface area contributed by atoms with Crippen molar-refractivity contribution < 1.29 is 9.47 Å². The normalized spacial score (nSPS) is 33.8. The maximum absolute atomic E-state index is 6.15. The summed E-state index contributed by atoms with van der Waals surface area (Å²) in [6.07, 6.45) is 8.22. The van der Waals surface area contributed by atoms with Crippen LogP contribution in [0.15, 0.2) is 29.3 Å². The molecule has 4 atom stereocenters. The fourth-order valence-corrected chi connectivity index (χ4v) is 6.44. The van der Waals surface area contributed by atoms with Gasteiger partial charge < -0.3 is 19.7 Å². The van der Waals surface area contributed by atoms with Gasteiger partial charge in [-0.3, -0.25) is 4.99 Å². The van der Waals surface area contributed by atoms with Crippen LogP contribution < -0.4 is 10.1 Å². The van der Waals surface area contributed by atoms with Gasteiger partial charge in [-0.15, -0.1) is 0 Å². The molecule has 0 amide bonds. The van der Waals surface area contributed by atoms with E-state index in [1.165, 1.54) is 44.1 Å². The van der Waals surface area contributed by atoms with E-state index in [9.17, 15) is 0 Å². The molecule has 2 saturated heterocycles. The van der Waals surface area contributed by atoms with Gasteiger partial charge in [0.1, 0.15) is 5.75 Å². The van der Waals surface area contributed by atoms with Crippen LogP contribution in [0.5, 0.6) is 5.75 Å². The molecular formula is C23H33N3O2. The summed E-state index contributed by atoms with van der Waals surface area (Å²) in [5.41, 5.74) is 1.77. The maximum Gasteiger partial charge on any atom is 0.193 e. The fraction of sp³-hybridized carbons (Fsp3) is 0.696. The highest BCUT2D eigenvalue weighted by Gasteiger charge is 2.65. The van der Waals surface area contributed by atoms with Crippen molar-refractivity contribution in [1.29, 1.82) is 0 Å². The molecule has 0 bridgehead atoms. The largest absolute Gasteiger partial charge is 0.497 e. The van der Waals surface area contributed by atoms with E-state index in [1.54, 1.807) is 7.11 Å². The molecule has 4 unspecified atom stereocenters. The second-order valence-electron chi connectivity index (χ2n) is 9.06. The van der Waals surface area contributed by atoms with Crippen molar-refractivity contribution in [2.45, 2.75) is 56.6 Å². The number of hydrogen-bond acceptors (Lipinski definition) is 3. The van der Waals surface area contributed by atoms with Crippen molar-refractivity contribution in [2.24, 2.45) is 16.3 Å². The average molecular weight is 384 g/mol. The number of guanidine groups is 1. The molecule has 5 heteroatoms. The first-order chi connectivity index (χ1) is 13.7. The summed E-state index contributed by atoms with van der Waals surface area (Å²) in [6.45, 7) is 3.05. The van der Waals surface area contributed by atoms with Crippen molar-refractivity contribution in [1.82, 2.24) is 10.2 Å². The smallest absolute Gasteiger partial charge is 0.193 e. The third kappa shape index (κ3) is 2.81. The Hall–Kier alpha value is -1.75. The van der Waals surface area contributed by atoms with Crippen molar-refractivity contribution in [3.05, 3.63) is 29.8 Å². The van der Waals surface area contributed by atoms with Gasteiger partial charge in [-0.25, -0.2) is 0 Å². The van der Waals surface area contributed by atoms with E-state index in [1.807, 2.05) is 7.05 Å². The molecule has 1 aromatic rings. The van der Waals surface area contributed by atoms with Crippen LogP contribution in [0.2, 0.25) is 0 Å². The Labute approximate surface area is 168 Å². The molecule has 1 N–H and O–H groups in total. The minimum atomic E-state index is 0.367. The quantitative estimate of drug-likeness (QED) is 0.642. The van der Waals surface area contributed by atoms with Crippen LogP contribution in [-0.2, 0) is 4.74 Å². The summed E-state index contributed by atoms with van der Waals surface area (Å²) >= 11 is 0. The maximum atomic E-state index is 6.15. The lowest BCUT2D eigenvalue weighted by molar-refractivity contribution is -0.125. The van der Waals surface area contributed by atoms with Gasteiger partial charge in [-0.05, 0) is 43.4 Å². The molecule has 5 rings (SSSR count). The molecule has 1 aromatic carbocycles. The van der Waals surface area contributed by atoms with Gasteiger partial charge in [0.05, 0.1) is 13.2 Å². The number of methoxy groups -OCH3 is 1. The minimum Gasteiger partial charge on any atom is -0.497 e. The highest BCUT2D eigenvalue weighted by atomic mass is 16.5. The molecule has 0 aromatic heterocycles. The zero-order chi connectivity index (χ0) is 19.1. The molecule has 152 valence electrons. The zero-order valence-electron chi connectivity index (χ0n) is 17.2. The van der Waals surface area contributed by atoms with Crippen molar-refractivity contribution >= 4 is 5.96 Å². The van der Waals surface area contributed by atoms with Gasteiger partial charge >= 0.3 is 0 Å². The lowest BCUT2D eigenvalue weighted by Crippen LogP contribution is -2.69. The predicted molar refractivity (Wildman–Crippen MR) is 111 cm³/mol. The van der Waals surface area contributed by atoms with Crippen LogP contribution in [0.25, 0.3) is 0 Å². The van der Waals surface area contributed by atoms with E-state index in [0.29, 0.717) is 29.4 Å². The Balaban J connectivity index is 1.26. The summed E-state index contributed by atoms with van der Waals surface area (Å²) in [5, 5.41) is 3.92. The first-order valence-corrected chi connectivity index (χ1v) is 11.0. The van der Waals surface area contributed by atoms with Crippen molar-refractivity contribution in [2.75, 3.05) is 33.9 Å². The highest BCUT2D eigenvalue weighted by Crippen LogP contribution is 2.60. The van der Waals surface area contributed by atoms with Crippen LogP contribution in [0.4, 0.5) is 0 Å². The number of rotatable bonds is 3. The molecule has 0 radical (unpaired) electrons. The van der Waals surface area contributed by atoms with Crippen LogP contribution in [0.1, 0.15) is 50.0 Å². The van der Waals surface area contributed by atoms with Gasteiger partial charge in [0, 0.05) is 50.0 Å². The standard InChI is InChI=1S/C23H33N3O2/c1-24-22(25-20-19-10-14-28-21(19)23(20)11-3-4-12-23)26-13-9-17(15-26)16-5-7-18(27-2)8-6-16/h5-8,17,19-21H,3-4,9-15H2,1-2H3,(H,24,25). The highest BCUT2D eigenvalue weighted by molar-refractivity contribution is 5.81. The second kappa shape index (κ2) is 7.25. The first kappa shape index (κ1) is 18.3. The molecule has 2 heterocycles. The SMILES string of the molecule is CN=C(NC1C2CCOC2C12CCCC2)N1CCC(c2ccc(OC)cc2)C1. The number of aliphatic imine (C=N–C) groups is 1. The predicted octanol–water partition coefficient (Wildman–Crippen LogP) is 3.41. The Bertz CT molecular complexity index is 726. The van der Waals surface area contributed by atoms with E-state index >= 15 is 0 Å². The first-order valence-electron chi connectivity index (χ1n) is 11.0. The fourth-order valence-electron chi connectivity index (χ4n) is 6.44. The molecule has 4 aliphatic rings.